The molecule has 0 N–H and O–H groups in total. The summed E-state index contributed by atoms with van der Waals surface area (Å²) < 4.78 is 14.6. The van der Waals surface area contributed by atoms with Crippen molar-refractivity contribution in [1.82, 2.24) is 4.98 Å². The third-order valence-corrected chi connectivity index (χ3v) is 4.53. The Hall–Kier alpha value is -3.07. The van der Waals surface area contributed by atoms with Crippen LogP contribution in [0.4, 0.5) is 4.39 Å². The predicted molar refractivity (Wildman–Crippen MR) is 105 cm³/mol. The third kappa shape index (κ3) is 3.47. The lowest BCUT2D eigenvalue weighted by Crippen LogP contribution is -2.11. The number of aromatic nitrogens is 1. The Morgan fingerprint density at radius 2 is 1.77 bits per heavy atom. The maximum absolute atomic E-state index is 14.6. The number of halogens is 1. The molecule has 0 fully saturated rings. The normalized spacial score (nSPS) is 15.7. The van der Waals surface area contributed by atoms with Crippen LogP contribution >= 0.6 is 0 Å². The molecule has 1 aromatic heterocycles. The summed E-state index contributed by atoms with van der Waals surface area (Å²) in [7, 11) is 0. The molecule has 26 heavy (non-hydrogen) atoms. The Bertz CT molecular complexity index is 960. The average molecular weight is 342 g/mol. The molecule has 3 heteroatoms. The fraction of sp³-hybridized carbons (Fsp3) is 0.130. The first kappa shape index (κ1) is 16.4. The van der Waals surface area contributed by atoms with Crippen molar-refractivity contribution in [3.8, 4) is 11.1 Å². The van der Waals surface area contributed by atoms with E-state index in [-0.39, 0.29) is 5.82 Å². The molecule has 0 radical (unpaired) electrons. The molecule has 2 heterocycles. The maximum Gasteiger partial charge on any atom is 0.131 e. The van der Waals surface area contributed by atoms with Gasteiger partial charge in [-0.05, 0) is 53.8 Å². The van der Waals surface area contributed by atoms with E-state index in [1.807, 2.05) is 66.9 Å². The highest BCUT2D eigenvalue weighted by molar-refractivity contribution is 6.15. The molecule has 0 amide bonds. The fourth-order valence-corrected chi connectivity index (χ4v) is 3.27. The van der Waals surface area contributed by atoms with E-state index in [1.165, 1.54) is 0 Å². The second kappa shape index (κ2) is 7.44. The third-order valence-electron chi connectivity index (χ3n) is 4.53. The van der Waals surface area contributed by atoms with Crippen molar-refractivity contribution < 1.29 is 4.39 Å². The van der Waals surface area contributed by atoms with Crippen molar-refractivity contribution in [1.29, 1.82) is 0 Å². The van der Waals surface area contributed by atoms with E-state index < -0.39 is 0 Å². The number of aliphatic imine (C=N–C) groups is 1. The molecule has 0 unspecified atom stereocenters. The van der Waals surface area contributed by atoms with Gasteiger partial charge in [-0.1, -0.05) is 42.5 Å². The minimum Gasteiger partial charge on any atom is -0.284 e. The highest BCUT2D eigenvalue weighted by Crippen LogP contribution is 2.26. The van der Waals surface area contributed by atoms with Crippen molar-refractivity contribution in [3.05, 3.63) is 95.6 Å². The quantitative estimate of drug-likeness (QED) is 0.612. The summed E-state index contributed by atoms with van der Waals surface area (Å²) in [6.07, 6.45) is 7.59. The van der Waals surface area contributed by atoms with Crippen molar-refractivity contribution in [3.63, 3.8) is 0 Å². The standard InChI is InChI=1S/C23H19FN2/c24-22-15-17(10-11-21(22)18-6-2-1-3-7-18)14-19-8-5-13-26-23(19)20-9-4-12-25-16-20/h1-4,6-7,9-12,14-16H,5,8,13H2/b19-14-. The number of pyridine rings is 1. The highest BCUT2D eigenvalue weighted by Gasteiger charge is 2.14. The number of hydrogen-bond donors (Lipinski definition) is 0. The van der Waals surface area contributed by atoms with Gasteiger partial charge in [-0.2, -0.15) is 0 Å². The molecule has 4 rings (SSSR count). The van der Waals surface area contributed by atoms with Gasteiger partial charge in [-0.25, -0.2) is 4.39 Å². The van der Waals surface area contributed by atoms with Crippen LogP contribution in [0.5, 0.6) is 0 Å². The van der Waals surface area contributed by atoms with E-state index in [4.69, 9.17) is 0 Å². The van der Waals surface area contributed by atoms with Crippen LogP contribution in [0.3, 0.4) is 0 Å². The number of allylic oxidation sites excluding steroid dienone is 1. The van der Waals surface area contributed by atoms with Gasteiger partial charge in [-0.3, -0.25) is 9.98 Å². The molecule has 2 nitrogen and oxygen atoms in total. The summed E-state index contributed by atoms with van der Waals surface area (Å²) in [5.74, 6) is -0.207. The molecule has 3 aromatic rings. The van der Waals surface area contributed by atoms with Crippen LogP contribution in [0, 0.1) is 5.82 Å². The fourth-order valence-electron chi connectivity index (χ4n) is 3.27. The van der Waals surface area contributed by atoms with Crippen LogP contribution in [-0.4, -0.2) is 17.2 Å². The van der Waals surface area contributed by atoms with Crippen molar-refractivity contribution >= 4 is 11.8 Å². The van der Waals surface area contributed by atoms with Crippen LogP contribution < -0.4 is 0 Å². The van der Waals surface area contributed by atoms with Crippen molar-refractivity contribution in [2.75, 3.05) is 6.54 Å². The molecule has 128 valence electrons. The van der Waals surface area contributed by atoms with Gasteiger partial charge in [0.1, 0.15) is 5.82 Å². The topological polar surface area (TPSA) is 25.2 Å². The highest BCUT2D eigenvalue weighted by atomic mass is 19.1. The largest absolute Gasteiger partial charge is 0.284 e. The van der Waals surface area contributed by atoms with Gasteiger partial charge < -0.3 is 0 Å². The molecule has 0 aliphatic carbocycles. The molecule has 0 atom stereocenters. The predicted octanol–water partition coefficient (Wildman–Crippen LogP) is 5.55. The second-order valence-electron chi connectivity index (χ2n) is 6.35. The number of rotatable bonds is 3. The summed E-state index contributed by atoms with van der Waals surface area (Å²) in [5.41, 5.74) is 5.49. The minimum atomic E-state index is -0.207. The Balaban J connectivity index is 1.68. The zero-order valence-electron chi connectivity index (χ0n) is 14.4. The molecular formula is C23H19FN2. The lowest BCUT2D eigenvalue weighted by molar-refractivity contribution is 0.631. The van der Waals surface area contributed by atoms with E-state index in [1.54, 1.807) is 12.3 Å². The lowest BCUT2D eigenvalue weighted by Gasteiger charge is -2.16. The summed E-state index contributed by atoms with van der Waals surface area (Å²) in [6, 6.07) is 19.0. The Morgan fingerprint density at radius 1 is 0.923 bits per heavy atom. The van der Waals surface area contributed by atoms with Crippen molar-refractivity contribution in [2.24, 2.45) is 4.99 Å². The smallest absolute Gasteiger partial charge is 0.131 e. The molecule has 0 saturated carbocycles. The minimum absolute atomic E-state index is 0.207. The number of nitrogens with zero attached hydrogens (tertiary/aromatic N) is 2. The molecule has 2 aromatic carbocycles. The maximum atomic E-state index is 14.6. The van der Waals surface area contributed by atoms with E-state index in [2.05, 4.69) is 9.98 Å². The lowest BCUT2D eigenvalue weighted by atomic mass is 9.94. The molecular weight excluding hydrogens is 323 g/mol. The van der Waals surface area contributed by atoms with Gasteiger partial charge in [0.15, 0.2) is 0 Å². The Kier molecular flexibility index (Phi) is 4.69. The van der Waals surface area contributed by atoms with Gasteiger partial charge in [0.2, 0.25) is 0 Å². The first-order valence-electron chi connectivity index (χ1n) is 8.82. The van der Waals surface area contributed by atoms with E-state index in [0.29, 0.717) is 5.56 Å². The second-order valence-corrected chi connectivity index (χ2v) is 6.35. The van der Waals surface area contributed by atoms with Crippen LogP contribution in [0.25, 0.3) is 17.2 Å². The monoisotopic (exact) mass is 342 g/mol. The van der Waals surface area contributed by atoms with Gasteiger partial charge in [0, 0.05) is 30.1 Å². The first-order valence-corrected chi connectivity index (χ1v) is 8.82. The molecule has 1 aliphatic rings. The SMILES string of the molecule is Fc1cc(/C=C2/CCCN=C2c2cccnc2)ccc1-c1ccccc1. The number of benzene rings is 2. The van der Waals surface area contributed by atoms with Crippen molar-refractivity contribution in [2.45, 2.75) is 12.8 Å². The van der Waals surface area contributed by atoms with Gasteiger partial charge >= 0.3 is 0 Å². The Labute approximate surface area is 152 Å². The summed E-state index contributed by atoms with van der Waals surface area (Å²) in [5, 5.41) is 0. The zero-order valence-corrected chi connectivity index (χ0v) is 14.4. The van der Waals surface area contributed by atoms with Gasteiger partial charge in [0.05, 0.1) is 5.71 Å². The number of hydrogen-bond acceptors (Lipinski definition) is 2. The van der Waals surface area contributed by atoms with E-state index >= 15 is 0 Å². The van der Waals surface area contributed by atoms with Crippen LogP contribution in [0.2, 0.25) is 0 Å². The van der Waals surface area contributed by atoms with E-state index in [0.717, 1.165) is 47.4 Å². The summed E-state index contributed by atoms with van der Waals surface area (Å²) in [6.45, 7) is 0.822. The summed E-state index contributed by atoms with van der Waals surface area (Å²) in [4.78, 5) is 8.87. The summed E-state index contributed by atoms with van der Waals surface area (Å²) >= 11 is 0. The van der Waals surface area contributed by atoms with Crippen LogP contribution in [-0.2, 0) is 0 Å². The molecule has 0 saturated heterocycles. The Morgan fingerprint density at radius 3 is 2.54 bits per heavy atom. The molecule has 1 aliphatic heterocycles. The van der Waals surface area contributed by atoms with Crippen LogP contribution in [0.1, 0.15) is 24.0 Å². The van der Waals surface area contributed by atoms with E-state index in [9.17, 15) is 4.39 Å². The van der Waals surface area contributed by atoms with Gasteiger partial charge in [-0.15, -0.1) is 0 Å². The van der Waals surface area contributed by atoms with Gasteiger partial charge in [0.25, 0.3) is 0 Å². The molecule has 0 spiro atoms. The first-order chi connectivity index (χ1) is 12.8. The zero-order chi connectivity index (χ0) is 17.8. The molecule has 0 bridgehead atoms. The average Bonchev–Trinajstić information content (AvgIpc) is 2.70. The van der Waals surface area contributed by atoms with Crippen LogP contribution in [0.15, 0.2) is 83.6 Å².